The van der Waals surface area contributed by atoms with E-state index < -0.39 is 0 Å². The number of carbonyl (C=O) groups excluding carboxylic acids is 2. The molecule has 1 fully saturated rings. The SMILES string of the molecule is NC(=O)C(Cc1ccccc1)N1CCC(NC(=O)Nc2ccc(F)cc2)CC1. The van der Waals surface area contributed by atoms with Crippen molar-refractivity contribution in [3.05, 3.63) is 66.0 Å². The Morgan fingerprint density at radius 2 is 1.71 bits per heavy atom. The molecule has 1 saturated heterocycles. The van der Waals surface area contributed by atoms with Crippen LogP contribution in [-0.2, 0) is 11.2 Å². The largest absolute Gasteiger partial charge is 0.368 e. The van der Waals surface area contributed by atoms with E-state index in [9.17, 15) is 14.0 Å². The van der Waals surface area contributed by atoms with E-state index in [-0.39, 0.29) is 29.8 Å². The molecule has 0 spiro atoms. The van der Waals surface area contributed by atoms with Gasteiger partial charge in [0.05, 0.1) is 6.04 Å². The first-order chi connectivity index (χ1) is 13.5. The Hall–Kier alpha value is -2.93. The maximum atomic E-state index is 12.9. The van der Waals surface area contributed by atoms with Crippen molar-refractivity contribution in [2.75, 3.05) is 18.4 Å². The second-order valence-electron chi connectivity index (χ2n) is 7.02. The van der Waals surface area contributed by atoms with Gasteiger partial charge in [0, 0.05) is 24.8 Å². The molecule has 0 saturated carbocycles. The summed E-state index contributed by atoms with van der Waals surface area (Å²) in [5, 5.41) is 5.63. The Labute approximate surface area is 163 Å². The van der Waals surface area contributed by atoms with Crippen molar-refractivity contribution >= 4 is 17.6 Å². The number of nitrogens with two attached hydrogens (primary N) is 1. The summed E-state index contributed by atoms with van der Waals surface area (Å²) in [5.41, 5.74) is 7.25. The zero-order chi connectivity index (χ0) is 19.9. The molecular formula is C21H25FN4O2. The predicted molar refractivity (Wildman–Crippen MR) is 106 cm³/mol. The molecule has 2 aromatic rings. The molecule has 6 nitrogen and oxygen atoms in total. The highest BCUT2D eigenvalue weighted by molar-refractivity contribution is 5.89. The standard InChI is InChI=1S/C21H25FN4O2/c22-16-6-8-17(9-7-16)24-21(28)25-18-10-12-26(13-11-18)19(20(23)27)14-15-4-2-1-3-5-15/h1-9,18-19H,10-14H2,(H2,23,27)(H2,24,25,28). The summed E-state index contributed by atoms with van der Waals surface area (Å²) in [6, 6.07) is 14.8. The number of rotatable bonds is 6. The Bertz CT molecular complexity index is 790. The van der Waals surface area contributed by atoms with E-state index in [0.717, 1.165) is 18.4 Å². The van der Waals surface area contributed by atoms with Crippen LogP contribution in [-0.4, -0.2) is 42.0 Å². The maximum absolute atomic E-state index is 12.9. The van der Waals surface area contributed by atoms with Crippen molar-refractivity contribution in [2.24, 2.45) is 5.73 Å². The number of halogens is 1. The second kappa shape index (κ2) is 9.32. The van der Waals surface area contributed by atoms with Gasteiger partial charge in [0.25, 0.3) is 0 Å². The fraction of sp³-hybridized carbons (Fsp3) is 0.333. The monoisotopic (exact) mass is 384 g/mol. The van der Waals surface area contributed by atoms with Crippen LogP contribution in [0.3, 0.4) is 0 Å². The lowest BCUT2D eigenvalue weighted by Crippen LogP contribution is -2.53. The molecule has 4 N–H and O–H groups in total. The maximum Gasteiger partial charge on any atom is 0.319 e. The zero-order valence-corrected chi connectivity index (χ0v) is 15.6. The normalized spacial score (nSPS) is 16.3. The van der Waals surface area contributed by atoms with Gasteiger partial charge in [0.2, 0.25) is 5.91 Å². The predicted octanol–water partition coefficient (Wildman–Crippen LogP) is 2.51. The molecule has 0 radical (unpaired) electrons. The Morgan fingerprint density at radius 1 is 1.07 bits per heavy atom. The number of benzene rings is 2. The van der Waals surface area contributed by atoms with Crippen LogP contribution in [0.5, 0.6) is 0 Å². The van der Waals surface area contributed by atoms with Gasteiger partial charge in [-0.1, -0.05) is 30.3 Å². The van der Waals surface area contributed by atoms with Gasteiger partial charge in [-0.05, 0) is 49.1 Å². The molecule has 28 heavy (non-hydrogen) atoms. The van der Waals surface area contributed by atoms with Gasteiger partial charge in [-0.25, -0.2) is 9.18 Å². The molecule has 2 aromatic carbocycles. The van der Waals surface area contributed by atoms with Crippen molar-refractivity contribution in [3.8, 4) is 0 Å². The van der Waals surface area contributed by atoms with Crippen LogP contribution < -0.4 is 16.4 Å². The number of hydrogen-bond acceptors (Lipinski definition) is 3. The molecule has 1 heterocycles. The molecule has 0 aromatic heterocycles. The number of hydrogen-bond donors (Lipinski definition) is 3. The summed E-state index contributed by atoms with van der Waals surface area (Å²) in [5.74, 6) is -0.679. The smallest absolute Gasteiger partial charge is 0.319 e. The van der Waals surface area contributed by atoms with Crippen molar-refractivity contribution in [3.63, 3.8) is 0 Å². The number of nitrogens with one attached hydrogen (secondary N) is 2. The van der Waals surface area contributed by atoms with Crippen LogP contribution in [0, 0.1) is 5.82 Å². The molecule has 0 bridgehead atoms. The van der Waals surface area contributed by atoms with Crippen molar-refractivity contribution in [1.82, 2.24) is 10.2 Å². The molecule has 3 amide bonds. The number of urea groups is 1. The Kier molecular flexibility index (Phi) is 6.60. The third-order valence-corrected chi connectivity index (χ3v) is 5.01. The number of carbonyl (C=O) groups is 2. The third kappa shape index (κ3) is 5.53. The van der Waals surface area contributed by atoms with Crippen molar-refractivity contribution in [1.29, 1.82) is 0 Å². The third-order valence-electron chi connectivity index (χ3n) is 5.01. The summed E-state index contributed by atoms with van der Waals surface area (Å²) in [6.07, 6.45) is 2.05. The first-order valence-corrected chi connectivity index (χ1v) is 9.41. The minimum atomic E-state index is -0.351. The molecule has 1 unspecified atom stereocenters. The summed E-state index contributed by atoms with van der Waals surface area (Å²) < 4.78 is 12.9. The summed E-state index contributed by atoms with van der Waals surface area (Å²) in [6.45, 7) is 1.36. The van der Waals surface area contributed by atoms with Gasteiger partial charge in [0.1, 0.15) is 5.82 Å². The average molecular weight is 384 g/mol. The topological polar surface area (TPSA) is 87.5 Å². The lowest BCUT2D eigenvalue weighted by atomic mass is 9.99. The van der Waals surface area contributed by atoms with Crippen molar-refractivity contribution in [2.45, 2.75) is 31.3 Å². The molecule has 0 aliphatic carbocycles. The number of likely N-dealkylation sites (tertiary alicyclic amines) is 1. The molecular weight excluding hydrogens is 359 g/mol. The average Bonchev–Trinajstić information content (AvgIpc) is 2.69. The number of amides is 3. The van der Waals surface area contributed by atoms with Gasteiger partial charge in [-0.15, -0.1) is 0 Å². The summed E-state index contributed by atoms with van der Waals surface area (Å²) in [4.78, 5) is 26.2. The Morgan fingerprint density at radius 3 is 2.32 bits per heavy atom. The van der Waals surface area contributed by atoms with Crippen LogP contribution in [0.15, 0.2) is 54.6 Å². The van der Waals surface area contributed by atoms with Crippen LogP contribution in [0.25, 0.3) is 0 Å². The van der Waals surface area contributed by atoms with Crippen LogP contribution in [0.4, 0.5) is 14.9 Å². The molecule has 1 atom stereocenters. The van der Waals surface area contributed by atoms with E-state index in [2.05, 4.69) is 15.5 Å². The van der Waals surface area contributed by atoms with Crippen LogP contribution in [0.1, 0.15) is 18.4 Å². The van der Waals surface area contributed by atoms with E-state index in [1.54, 1.807) is 0 Å². The Balaban J connectivity index is 1.49. The zero-order valence-electron chi connectivity index (χ0n) is 15.6. The van der Waals surface area contributed by atoms with Crippen LogP contribution in [0.2, 0.25) is 0 Å². The highest BCUT2D eigenvalue weighted by Gasteiger charge is 2.29. The number of primary amides is 1. The summed E-state index contributed by atoms with van der Waals surface area (Å²) in [7, 11) is 0. The summed E-state index contributed by atoms with van der Waals surface area (Å²) >= 11 is 0. The van der Waals surface area contributed by atoms with Gasteiger partial charge in [-0.3, -0.25) is 9.69 Å². The van der Waals surface area contributed by atoms with E-state index >= 15 is 0 Å². The van der Waals surface area contributed by atoms with Gasteiger partial charge >= 0.3 is 6.03 Å². The molecule has 3 rings (SSSR count). The molecule has 148 valence electrons. The molecule has 1 aliphatic rings. The second-order valence-corrected chi connectivity index (χ2v) is 7.02. The number of anilines is 1. The van der Waals surface area contributed by atoms with E-state index in [4.69, 9.17) is 5.73 Å². The lowest BCUT2D eigenvalue weighted by Gasteiger charge is -2.36. The minimum absolute atomic E-state index is 0.0157. The number of piperidine rings is 1. The van der Waals surface area contributed by atoms with E-state index in [1.807, 2.05) is 30.3 Å². The van der Waals surface area contributed by atoms with Gasteiger partial charge in [0.15, 0.2) is 0 Å². The quantitative estimate of drug-likeness (QED) is 0.715. The van der Waals surface area contributed by atoms with Crippen LogP contribution >= 0.6 is 0 Å². The van der Waals surface area contributed by atoms with E-state index in [1.165, 1.54) is 24.3 Å². The molecule has 7 heteroatoms. The molecule has 1 aliphatic heterocycles. The highest BCUT2D eigenvalue weighted by Crippen LogP contribution is 2.17. The fourth-order valence-corrected chi connectivity index (χ4v) is 3.49. The first kappa shape index (κ1) is 19.8. The first-order valence-electron chi connectivity index (χ1n) is 9.41. The fourth-order valence-electron chi connectivity index (χ4n) is 3.49. The lowest BCUT2D eigenvalue weighted by molar-refractivity contribution is -0.123. The van der Waals surface area contributed by atoms with Gasteiger partial charge in [-0.2, -0.15) is 0 Å². The number of nitrogens with zero attached hydrogens (tertiary/aromatic N) is 1. The minimum Gasteiger partial charge on any atom is -0.368 e. The van der Waals surface area contributed by atoms with E-state index in [0.29, 0.717) is 25.2 Å². The highest BCUT2D eigenvalue weighted by atomic mass is 19.1. The van der Waals surface area contributed by atoms with Crippen molar-refractivity contribution < 1.29 is 14.0 Å². The van der Waals surface area contributed by atoms with Gasteiger partial charge < -0.3 is 16.4 Å².